The third kappa shape index (κ3) is 3.35. The number of rotatable bonds is 6. The first-order valence-corrected chi connectivity index (χ1v) is 6.08. The molecular formula is C12H17ClN2O. The maximum absolute atomic E-state index is 6.04. The summed E-state index contributed by atoms with van der Waals surface area (Å²) in [5.74, 6) is 1.73. The van der Waals surface area contributed by atoms with Crippen LogP contribution < -0.4 is 5.32 Å². The van der Waals surface area contributed by atoms with E-state index in [2.05, 4.69) is 10.3 Å². The van der Waals surface area contributed by atoms with Crippen molar-refractivity contribution in [1.29, 1.82) is 0 Å². The van der Waals surface area contributed by atoms with Gasteiger partial charge in [0.15, 0.2) is 0 Å². The lowest BCUT2D eigenvalue weighted by atomic mass is 10.3. The van der Waals surface area contributed by atoms with Gasteiger partial charge >= 0.3 is 0 Å². The van der Waals surface area contributed by atoms with Crippen molar-refractivity contribution < 1.29 is 4.74 Å². The fourth-order valence-electron chi connectivity index (χ4n) is 1.55. The van der Waals surface area contributed by atoms with Gasteiger partial charge in [-0.2, -0.15) is 0 Å². The van der Waals surface area contributed by atoms with Gasteiger partial charge in [-0.15, -0.1) is 0 Å². The highest BCUT2D eigenvalue weighted by Crippen LogP contribution is 2.32. The van der Waals surface area contributed by atoms with E-state index in [1.54, 1.807) is 0 Å². The van der Waals surface area contributed by atoms with Crippen molar-refractivity contribution in [3.8, 4) is 0 Å². The zero-order valence-corrected chi connectivity index (χ0v) is 10.3. The highest BCUT2D eigenvalue weighted by Gasteiger charge is 2.20. The van der Waals surface area contributed by atoms with Crippen molar-refractivity contribution >= 4 is 17.4 Å². The van der Waals surface area contributed by atoms with Crippen molar-refractivity contribution in [1.82, 2.24) is 4.98 Å². The van der Waals surface area contributed by atoms with Gasteiger partial charge < -0.3 is 10.1 Å². The van der Waals surface area contributed by atoms with E-state index in [0.29, 0.717) is 11.6 Å². The van der Waals surface area contributed by atoms with Crippen LogP contribution in [0.15, 0.2) is 12.1 Å². The second-order valence-electron chi connectivity index (χ2n) is 4.16. The molecule has 0 bridgehead atoms. The van der Waals surface area contributed by atoms with Crippen LogP contribution in [0.5, 0.6) is 0 Å². The molecule has 0 aromatic carbocycles. The Morgan fingerprint density at radius 2 is 2.31 bits per heavy atom. The molecule has 3 nitrogen and oxygen atoms in total. The predicted octanol–water partition coefficient (Wildman–Crippen LogP) is 3.09. The highest BCUT2D eigenvalue weighted by atomic mass is 35.5. The largest absolute Gasteiger partial charge is 0.375 e. The molecule has 0 saturated heterocycles. The maximum Gasteiger partial charge on any atom is 0.126 e. The zero-order chi connectivity index (χ0) is 11.4. The minimum absolute atomic E-state index is 0.501. The summed E-state index contributed by atoms with van der Waals surface area (Å²) < 4.78 is 5.58. The van der Waals surface area contributed by atoms with Crippen LogP contribution in [0.3, 0.4) is 0 Å². The summed E-state index contributed by atoms with van der Waals surface area (Å²) >= 11 is 6.04. The minimum atomic E-state index is 0.501. The lowest BCUT2D eigenvalue weighted by Crippen LogP contribution is -2.01. The third-order valence-corrected chi connectivity index (χ3v) is 3.13. The molecule has 1 aromatic rings. The van der Waals surface area contributed by atoms with E-state index < -0.39 is 0 Å². The molecule has 0 amide bonds. The average Bonchev–Trinajstić information content (AvgIpc) is 3.10. The Labute approximate surface area is 101 Å². The molecule has 1 aliphatic carbocycles. The molecule has 0 atom stereocenters. The summed E-state index contributed by atoms with van der Waals surface area (Å²) in [6, 6.07) is 3.70. The second kappa shape index (κ2) is 5.51. The lowest BCUT2D eigenvalue weighted by Gasteiger charge is -2.07. The molecule has 1 heterocycles. The van der Waals surface area contributed by atoms with Crippen LogP contribution in [-0.4, -0.2) is 18.6 Å². The molecule has 1 aromatic heterocycles. The van der Waals surface area contributed by atoms with Gasteiger partial charge in [0, 0.05) is 13.7 Å². The van der Waals surface area contributed by atoms with Crippen LogP contribution in [0, 0.1) is 5.92 Å². The topological polar surface area (TPSA) is 34.1 Å². The molecule has 88 valence electrons. The van der Waals surface area contributed by atoms with Gasteiger partial charge in [0.1, 0.15) is 5.82 Å². The molecule has 0 radical (unpaired) electrons. The molecule has 1 saturated carbocycles. The van der Waals surface area contributed by atoms with Gasteiger partial charge in [-0.3, -0.25) is 0 Å². The highest BCUT2D eigenvalue weighted by molar-refractivity contribution is 6.31. The van der Waals surface area contributed by atoms with Crippen LogP contribution in [-0.2, 0) is 11.3 Å². The smallest absolute Gasteiger partial charge is 0.126 e. The van der Waals surface area contributed by atoms with Crippen LogP contribution in [0.2, 0.25) is 5.02 Å². The summed E-state index contributed by atoms with van der Waals surface area (Å²) in [5.41, 5.74) is 0.810. The summed E-state index contributed by atoms with van der Waals surface area (Å²) in [4.78, 5) is 4.36. The van der Waals surface area contributed by atoms with Gasteiger partial charge in [-0.05, 0) is 24.5 Å². The molecule has 0 aliphatic heterocycles. The molecule has 16 heavy (non-hydrogen) atoms. The third-order valence-electron chi connectivity index (χ3n) is 2.78. The fraction of sp³-hybridized carbons (Fsp3) is 0.583. The van der Waals surface area contributed by atoms with Crippen molar-refractivity contribution in [2.45, 2.75) is 25.9 Å². The van der Waals surface area contributed by atoms with Crippen LogP contribution in [0.1, 0.15) is 25.0 Å². The van der Waals surface area contributed by atoms with Crippen molar-refractivity contribution in [2.24, 2.45) is 5.92 Å². The van der Waals surface area contributed by atoms with Crippen molar-refractivity contribution in [3.05, 3.63) is 22.8 Å². The number of halogens is 1. The maximum atomic E-state index is 6.04. The van der Waals surface area contributed by atoms with Crippen LogP contribution in [0.4, 0.5) is 5.82 Å². The van der Waals surface area contributed by atoms with Gasteiger partial charge in [0.05, 0.1) is 17.3 Å². The number of pyridine rings is 1. The van der Waals surface area contributed by atoms with E-state index in [1.807, 2.05) is 19.2 Å². The number of nitrogens with zero attached hydrogens (tertiary/aromatic N) is 1. The number of anilines is 1. The Balaban J connectivity index is 1.81. The quantitative estimate of drug-likeness (QED) is 0.776. The van der Waals surface area contributed by atoms with E-state index in [0.717, 1.165) is 24.0 Å². The molecule has 4 heteroatoms. The molecule has 1 N–H and O–H groups in total. The first-order valence-electron chi connectivity index (χ1n) is 5.70. The van der Waals surface area contributed by atoms with Crippen LogP contribution in [0.25, 0.3) is 0 Å². The van der Waals surface area contributed by atoms with Gasteiger partial charge in [-0.25, -0.2) is 4.98 Å². The predicted molar refractivity (Wildman–Crippen MR) is 65.8 cm³/mol. The van der Waals surface area contributed by atoms with E-state index in [-0.39, 0.29) is 0 Å². The van der Waals surface area contributed by atoms with E-state index in [4.69, 9.17) is 16.3 Å². The molecule has 2 rings (SSSR count). The molecule has 1 fully saturated rings. The number of hydrogen-bond donors (Lipinski definition) is 1. The second-order valence-corrected chi connectivity index (χ2v) is 4.57. The number of aromatic nitrogens is 1. The Kier molecular flexibility index (Phi) is 4.02. The van der Waals surface area contributed by atoms with Gasteiger partial charge in [-0.1, -0.05) is 24.4 Å². The fourth-order valence-corrected chi connectivity index (χ4v) is 1.71. The van der Waals surface area contributed by atoms with Crippen molar-refractivity contribution in [3.63, 3.8) is 0 Å². The first-order chi connectivity index (χ1) is 7.79. The average molecular weight is 241 g/mol. The first kappa shape index (κ1) is 11.7. The zero-order valence-electron chi connectivity index (χ0n) is 9.50. The SMILES string of the molecule is CNc1ccc(Cl)c(COCCC2CC2)n1. The molecule has 0 spiro atoms. The summed E-state index contributed by atoms with van der Waals surface area (Å²) in [7, 11) is 1.84. The van der Waals surface area contributed by atoms with E-state index in [9.17, 15) is 0 Å². The Morgan fingerprint density at radius 3 is 3.00 bits per heavy atom. The van der Waals surface area contributed by atoms with Crippen LogP contribution >= 0.6 is 11.6 Å². The molecule has 0 unspecified atom stereocenters. The number of nitrogens with one attached hydrogen (secondary N) is 1. The standard InChI is InChI=1S/C12H17ClN2O/c1-14-12-5-4-10(13)11(15-12)8-16-7-6-9-2-3-9/h4-5,9H,2-3,6-8H2,1H3,(H,14,15). The van der Waals surface area contributed by atoms with E-state index in [1.165, 1.54) is 19.3 Å². The van der Waals surface area contributed by atoms with Crippen molar-refractivity contribution in [2.75, 3.05) is 19.0 Å². The normalized spacial score (nSPS) is 15.1. The Morgan fingerprint density at radius 1 is 1.50 bits per heavy atom. The summed E-state index contributed by atoms with van der Waals surface area (Å²) in [6.45, 7) is 1.31. The summed E-state index contributed by atoms with van der Waals surface area (Å²) in [6.07, 6.45) is 3.92. The van der Waals surface area contributed by atoms with E-state index >= 15 is 0 Å². The Hall–Kier alpha value is -0.800. The molecular weight excluding hydrogens is 224 g/mol. The monoisotopic (exact) mass is 240 g/mol. The minimum Gasteiger partial charge on any atom is -0.375 e. The number of ether oxygens (including phenoxy) is 1. The summed E-state index contributed by atoms with van der Waals surface area (Å²) in [5, 5.41) is 3.66. The molecule has 1 aliphatic rings. The van der Waals surface area contributed by atoms with Gasteiger partial charge in [0.2, 0.25) is 0 Å². The lowest BCUT2D eigenvalue weighted by molar-refractivity contribution is 0.113. The Bertz CT molecular complexity index is 353. The van der Waals surface area contributed by atoms with Gasteiger partial charge in [0.25, 0.3) is 0 Å². The number of hydrogen-bond acceptors (Lipinski definition) is 3.